The van der Waals surface area contributed by atoms with Gasteiger partial charge in [0.25, 0.3) is 0 Å². The molecule has 18 heavy (non-hydrogen) atoms. The number of hydrogen-bond acceptors (Lipinski definition) is 2. The van der Waals surface area contributed by atoms with E-state index in [0.717, 1.165) is 21.6 Å². The zero-order chi connectivity index (χ0) is 13.3. The second-order valence-electron chi connectivity index (χ2n) is 4.64. The summed E-state index contributed by atoms with van der Waals surface area (Å²) in [6, 6.07) is 8.26. The number of benzene rings is 1. The SMILES string of the molecule is Cc1ccc(-c2nc(=S)c(Br)c(C(C)C)[nH]2)cc1. The zero-order valence-electron chi connectivity index (χ0n) is 10.6. The summed E-state index contributed by atoms with van der Waals surface area (Å²) in [6.07, 6.45) is 0. The maximum absolute atomic E-state index is 5.30. The normalized spacial score (nSPS) is 10.9. The molecule has 0 aliphatic rings. The molecule has 1 N–H and O–H groups in total. The highest BCUT2D eigenvalue weighted by Gasteiger charge is 2.10. The first-order chi connectivity index (χ1) is 8.49. The van der Waals surface area contributed by atoms with Crippen molar-refractivity contribution in [3.8, 4) is 11.4 Å². The molecule has 0 aliphatic heterocycles. The lowest BCUT2D eigenvalue weighted by atomic mass is 10.1. The van der Waals surface area contributed by atoms with Crippen molar-refractivity contribution in [1.82, 2.24) is 9.97 Å². The molecule has 0 amide bonds. The van der Waals surface area contributed by atoms with Gasteiger partial charge < -0.3 is 4.98 Å². The zero-order valence-corrected chi connectivity index (χ0v) is 13.0. The molecule has 94 valence electrons. The Balaban J connectivity index is 2.59. The van der Waals surface area contributed by atoms with Crippen molar-refractivity contribution in [3.63, 3.8) is 0 Å². The van der Waals surface area contributed by atoms with Crippen LogP contribution >= 0.6 is 28.1 Å². The third kappa shape index (κ3) is 2.70. The highest BCUT2D eigenvalue weighted by atomic mass is 79.9. The van der Waals surface area contributed by atoms with Gasteiger partial charge in [0.2, 0.25) is 0 Å². The minimum atomic E-state index is 0.369. The van der Waals surface area contributed by atoms with Crippen LogP contribution in [0.15, 0.2) is 28.7 Å². The first-order valence-corrected chi connectivity index (χ1v) is 7.06. The maximum atomic E-state index is 5.30. The molecular weight excluding hydrogens is 308 g/mol. The Morgan fingerprint density at radius 2 is 1.83 bits per heavy atom. The minimum absolute atomic E-state index is 0.369. The van der Waals surface area contributed by atoms with Gasteiger partial charge in [-0.05, 0) is 28.8 Å². The van der Waals surface area contributed by atoms with E-state index in [9.17, 15) is 0 Å². The Labute approximate surface area is 121 Å². The fourth-order valence-electron chi connectivity index (χ4n) is 1.72. The van der Waals surface area contributed by atoms with E-state index in [-0.39, 0.29) is 0 Å². The van der Waals surface area contributed by atoms with Gasteiger partial charge in [-0.1, -0.05) is 55.9 Å². The summed E-state index contributed by atoms with van der Waals surface area (Å²) in [5.41, 5.74) is 3.38. The Bertz CT molecular complexity index is 615. The van der Waals surface area contributed by atoms with E-state index in [1.165, 1.54) is 5.56 Å². The molecule has 2 nitrogen and oxygen atoms in total. The van der Waals surface area contributed by atoms with Gasteiger partial charge in [0.15, 0.2) is 0 Å². The summed E-state index contributed by atoms with van der Waals surface area (Å²) in [5.74, 6) is 1.19. The highest BCUT2D eigenvalue weighted by molar-refractivity contribution is 9.10. The molecule has 0 fully saturated rings. The second kappa shape index (κ2) is 5.33. The van der Waals surface area contributed by atoms with Crippen LogP contribution in [0.3, 0.4) is 0 Å². The van der Waals surface area contributed by atoms with Crippen molar-refractivity contribution in [2.24, 2.45) is 0 Å². The van der Waals surface area contributed by atoms with Crippen molar-refractivity contribution in [1.29, 1.82) is 0 Å². The number of aryl methyl sites for hydroxylation is 1. The first-order valence-electron chi connectivity index (χ1n) is 5.86. The molecule has 0 unspecified atom stereocenters. The summed E-state index contributed by atoms with van der Waals surface area (Å²) in [6.45, 7) is 6.33. The minimum Gasteiger partial charge on any atom is -0.342 e. The predicted octanol–water partition coefficient (Wildman–Crippen LogP) is 5.00. The van der Waals surface area contributed by atoms with Crippen LogP contribution in [0.5, 0.6) is 0 Å². The van der Waals surface area contributed by atoms with Gasteiger partial charge in [0.1, 0.15) is 10.5 Å². The van der Waals surface area contributed by atoms with Crippen molar-refractivity contribution in [2.45, 2.75) is 26.7 Å². The molecule has 1 aromatic carbocycles. The number of nitrogens with one attached hydrogen (secondary N) is 1. The quantitative estimate of drug-likeness (QED) is 0.788. The van der Waals surface area contributed by atoms with E-state index < -0.39 is 0 Å². The molecule has 2 aromatic rings. The van der Waals surface area contributed by atoms with E-state index in [2.05, 4.69) is 70.9 Å². The van der Waals surface area contributed by atoms with E-state index in [0.29, 0.717) is 10.6 Å². The van der Waals surface area contributed by atoms with Gasteiger partial charge in [-0.3, -0.25) is 0 Å². The van der Waals surface area contributed by atoms with Crippen molar-refractivity contribution in [3.05, 3.63) is 44.6 Å². The molecule has 0 aliphatic carbocycles. The number of halogens is 1. The molecule has 0 radical (unpaired) electrons. The van der Waals surface area contributed by atoms with Gasteiger partial charge >= 0.3 is 0 Å². The number of hydrogen-bond donors (Lipinski definition) is 1. The molecule has 0 saturated carbocycles. The summed E-state index contributed by atoms with van der Waals surface area (Å²) < 4.78 is 1.50. The largest absolute Gasteiger partial charge is 0.342 e. The van der Waals surface area contributed by atoms with Crippen LogP contribution in [0, 0.1) is 11.6 Å². The molecule has 0 spiro atoms. The summed E-state index contributed by atoms with van der Waals surface area (Å²) >= 11 is 8.80. The molecule has 0 saturated heterocycles. The van der Waals surface area contributed by atoms with Crippen LogP contribution in [0.1, 0.15) is 31.0 Å². The van der Waals surface area contributed by atoms with Crippen LogP contribution in [0.2, 0.25) is 0 Å². The number of H-pyrrole nitrogens is 1. The lowest BCUT2D eigenvalue weighted by Gasteiger charge is -2.11. The van der Waals surface area contributed by atoms with Gasteiger partial charge in [0, 0.05) is 11.3 Å². The number of nitrogens with zero attached hydrogens (tertiary/aromatic N) is 1. The predicted molar refractivity (Wildman–Crippen MR) is 81.4 cm³/mol. The third-order valence-electron chi connectivity index (χ3n) is 2.79. The Hall–Kier alpha value is -1.00. The Morgan fingerprint density at radius 3 is 2.39 bits per heavy atom. The number of aromatic amines is 1. The fraction of sp³-hybridized carbons (Fsp3) is 0.286. The Morgan fingerprint density at radius 1 is 1.22 bits per heavy atom. The molecule has 0 bridgehead atoms. The maximum Gasteiger partial charge on any atom is 0.144 e. The van der Waals surface area contributed by atoms with Gasteiger partial charge in [-0.2, -0.15) is 0 Å². The average molecular weight is 323 g/mol. The number of rotatable bonds is 2. The van der Waals surface area contributed by atoms with Crippen LogP contribution in [-0.2, 0) is 0 Å². The average Bonchev–Trinajstić information content (AvgIpc) is 2.33. The summed E-state index contributed by atoms with van der Waals surface area (Å²) in [4.78, 5) is 7.79. The second-order valence-corrected chi connectivity index (χ2v) is 5.82. The molecule has 2 rings (SSSR count). The van der Waals surface area contributed by atoms with Crippen LogP contribution in [0.4, 0.5) is 0 Å². The fourth-order valence-corrected chi connectivity index (χ4v) is 2.57. The first kappa shape index (κ1) is 13.4. The van der Waals surface area contributed by atoms with Crippen LogP contribution in [-0.4, -0.2) is 9.97 Å². The van der Waals surface area contributed by atoms with E-state index in [1.807, 2.05) is 0 Å². The lowest BCUT2D eigenvalue weighted by Crippen LogP contribution is -2.00. The molecular formula is C14H15BrN2S. The van der Waals surface area contributed by atoms with Crippen molar-refractivity contribution < 1.29 is 0 Å². The van der Waals surface area contributed by atoms with Gasteiger partial charge in [-0.15, -0.1) is 0 Å². The summed E-state index contributed by atoms with van der Waals surface area (Å²) in [7, 11) is 0. The monoisotopic (exact) mass is 322 g/mol. The smallest absolute Gasteiger partial charge is 0.144 e. The topological polar surface area (TPSA) is 28.7 Å². The third-order valence-corrected chi connectivity index (χ3v) is 4.15. The van der Waals surface area contributed by atoms with E-state index in [1.54, 1.807) is 0 Å². The van der Waals surface area contributed by atoms with E-state index in [4.69, 9.17) is 12.2 Å². The van der Waals surface area contributed by atoms with Gasteiger partial charge in [0.05, 0.1) is 4.47 Å². The Kier molecular flexibility index (Phi) is 3.97. The van der Waals surface area contributed by atoms with Crippen molar-refractivity contribution in [2.75, 3.05) is 0 Å². The lowest BCUT2D eigenvalue weighted by molar-refractivity contribution is 0.807. The number of aromatic nitrogens is 2. The summed E-state index contributed by atoms with van der Waals surface area (Å²) in [5, 5.41) is 0. The molecule has 4 heteroatoms. The van der Waals surface area contributed by atoms with E-state index >= 15 is 0 Å². The van der Waals surface area contributed by atoms with Crippen LogP contribution in [0.25, 0.3) is 11.4 Å². The molecule has 1 heterocycles. The van der Waals surface area contributed by atoms with Crippen LogP contribution < -0.4 is 0 Å². The van der Waals surface area contributed by atoms with Crippen molar-refractivity contribution >= 4 is 28.1 Å². The molecule has 0 atom stereocenters. The molecule has 1 aromatic heterocycles. The van der Waals surface area contributed by atoms with Gasteiger partial charge in [-0.25, -0.2) is 4.98 Å². The highest BCUT2D eigenvalue weighted by Crippen LogP contribution is 2.26. The standard InChI is InChI=1S/C14H15BrN2S/c1-8(2)12-11(15)14(18)17-13(16-12)10-6-4-9(3)5-7-10/h4-8H,1-3H3,(H,16,17,18).